The predicted molar refractivity (Wildman–Crippen MR) is 92.1 cm³/mol. The molecule has 0 radical (unpaired) electrons. The van der Waals surface area contributed by atoms with Crippen LogP contribution in [0.2, 0.25) is 0 Å². The maximum atomic E-state index is 12.3. The van der Waals surface area contributed by atoms with E-state index in [2.05, 4.69) is 24.2 Å². The Morgan fingerprint density at radius 1 is 1.48 bits per heavy atom. The predicted octanol–water partition coefficient (Wildman–Crippen LogP) is 2.70. The van der Waals surface area contributed by atoms with Crippen LogP contribution in [0.4, 0.5) is 0 Å². The monoisotopic (exact) mass is 331 g/mol. The van der Waals surface area contributed by atoms with E-state index in [1.807, 2.05) is 13.0 Å². The Morgan fingerprint density at radius 2 is 2.13 bits per heavy atom. The van der Waals surface area contributed by atoms with Crippen molar-refractivity contribution in [1.82, 2.24) is 9.88 Å². The van der Waals surface area contributed by atoms with E-state index >= 15 is 0 Å². The summed E-state index contributed by atoms with van der Waals surface area (Å²) >= 11 is 1.26. The SMILES string of the molecule is C=CCN(CC=C)C(=O)CSc1nc(C)cc(COC)c1C#N. The normalized spacial score (nSPS) is 9.96. The quantitative estimate of drug-likeness (QED) is 0.514. The molecule has 0 saturated heterocycles. The summed E-state index contributed by atoms with van der Waals surface area (Å²) in [4.78, 5) is 18.3. The zero-order valence-electron chi connectivity index (χ0n) is 13.5. The number of methoxy groups -OCH3 is 1. The van der Waals surface area contributed by atoms with Gasteiger partial charge in [-0.2, -0.15) is 5.26 Å². The van der Waals surface area contributed by atoms with E-state index in [1.165, 1.54) is 11.8 Å². The highest BCUT2D eigenvalue weighted by atomic mass is 32.2. The van der Waals surface area contributed by atoms with Crippen LogP contribution in [0.3, 0.4) is 0 Å². The molecule has 6 heteroatoms. The number of nitriles is 1. The van der Waals surface area contributed by atoms with Gasteiger partial charge in [-0.15, -0.1) is 13.2 Å². The first-order valence-electron chi connectivity index (χ1n) is 7.09. The number of carbonyl (C=O) groups is 1. The number of hydrogen-bond donors (Lipinski definition) is 0. The molecule has 0 N–H and O–H groups in total. The lowest BCUT2D eigenvalue weighted by atomic mass is 10.1. The van der Waals surface area contributed by atoms with E-state index in [0.29, 0.717) is 30.3 Å². The van der Waals surface area contributed by atoms with E-state index in [9.17, 15) is 10.1 Å². The number of aryl methyl sites for hydroxylation is 1. The summed E-state index contributed by atoms with van der Waals surface area (Å²) in [5.74, 6) is 0.162. The summed E-state index contributed by atoms with van der Waals surface area (Å²) in [6.07, 6.45) is 3.35. The van der Waals surface area contributed by atoms with Crippen LogP contribution in [0.1, 0.15) is 16.8 Å². The molecule has 1 amide bonds. The van der Waals surface area contributed by atoms with Crippen molar-refractivity contribution in [3.05, 3.63) is 48.2 Å². The van der Waals surface area contributed by atoms with E-state index in [-0.39, 0.29) is 11.7 Å². The van der Waals surface area contributed by atoms with Crippen molar-refractivity contribution >= 4 is 17.7 Å². The molecule has 1 rings (SSSR count). The number of aromatic nitrogens is 1. The minimum atomic E-state index is -0.0460. The molecule has 0 saturated carbocycles. The van der Waals surface area contributed by atoms with Gasteiger partial charge in [0.1, 0.15) is 11.1 Å². The molecule has 0 fully saturated rings. The van der Waals surface area contributed by atoms with E-state index in [0.717, 1.165) is 11.3 Å². The molecule has 1 aromatic heterocycles. The van der Waals surface area contributed by atoms with Crippen LogP contribution >= 0.6 is 11.8 Å². The lowest BCUT2D eigenvalue weighted by Gasteiger charge is -2.19. The average molecular weight is 331 g/mol. The zero-order valence-corrected chi connectivity index (χ0v) is 14.4. The Bertz CT molecular complexity index is 613. The molecule has 0 aromatic carbocycles. The van der Waals surface area contributed by atoms with Crippen molar-refractivity contribution in [2.45, 2.75) is 18.6 Å². The van der Waals surface area contributed by atoms with Crippen LogP contribution in [-0.2, 0) is 16.1 Å². The van der Waals surface area contributed by atoms with E-state index in [4.69, 9.17) is 4.74 Å². The number of amides is 1. The first kappa shape index (κ1) is 18.9. The van der Waals surface area contributed by atoms with Crippen molar-refractivity contribution in [1.29, 1.82) is 5.26 Å². The third kappa shape index (κ3) is 5.55. The molecule has 1 heterocycles. The molecule has 1 aromatic rings. The number of ether oxygens (including phenoxy) is 1. The summed E-state index contributed by atoms with van der Waals surface area (Å²) in [6.45, 7) is 10.4. The fourth-order valence-corrected chi connectivity index (χ4v) is 2.99. The Morgan fingerprint density at radius 3 is 2.65 bits per heavy atom. The largest absolute Gasteiger partial charge is 0.380 e. The molecule has 0 atom stereocenters. The fraction of sp³-hybridized carbons (Fsp3) is 0.353. The number of thioether (sulfide) groups is 1. The van der Waals surface area contributed by atoms with Crippen molar-refractivity contribution in [3.8, 4) is 6.07 Å². The molecular formula is C17H21N3O2S. The minimum absolute atomic E-state index is 0.0460. The van der Waals surface area contributed by atoms with Crippen LogP contribution in [0, 0.1) is 18.3 Å². The second-order valence-corrected chi connectivity index (χ2v) is 5.78. The molecular weight excluding hydrogens is 310 g/mol. The van der Waals surface area contributed by atoms with Crippen LogP contribution in [-0.4, -0.2) is 41.7 Å². The van der Waals surface area contributed by atoms with Gasteiger partial charge in [-0.25, -0.2) is 4.98 Å². The molecule has 5 nitrogen and oxygen atoms in total. The Kier molecular flexibility index (Phi) is 8.09. The number of nitrogens with zero attached hydrogens (tertiary/aromatic N) is 3. The maximum Gasteiger partial charge on any atom is 0.233 e. The molecule has 122 valence electrons. The highest BCUT2D eigenvalue weighted by molar-refractivity contribution is 8.00. The van der Waals surface area contributed by atoms with Crippen molar-refractivity contribution < 1.29 is 9.53 Å². The molecule has 0 spiro atoms. The van der Waals surface area contributed by atoms with Crippen LogP contribution in [0.15, 0.2) is 36.4 Å². The minimum Gasteiger partial charge on any atom is -0.380 e. The summed E-state index contributed by atoms with van der Waals surface area (Å²) in [6, 6.07) is 3.99. The van der Waals surface area contributed by atoms with Gasteiger partial charge in [-0.1, -0.05) is 23.9 Å². The van der Waals surface area contributed by atoms with Gasteiger partial charge in [0.2, 0.25) is 5.91 Å². The second kappa shape index (κ2) is 9.82. The molecule has 23 heavy (non-hydrogen) atoms. The lowest BCUT2D eigenvalue weighted by Crippen LogP contribution is -2.32. The third-order valence-electron chi connectivity index (χ3n) is 2.99. The van der Waals surface area contributed by atoms with Gasteiger partial charge in [-0.05, 0) is 18.6 Å². The van der Waals surface area contributed by atoms with Gasteiger partial charge in [0.05, 0.1) is 17.9 Å². The lowest BCUT2D eigenvalue weighted by molar-refractivity contribution is -0.127. The summed E-state index contributed by atoms with van der Waals surface area (Å²) < 4.78 is 5.12. The van der Waals surface area contributed by atoms with E-state index < -0.39 is 0 Å². The standard InChI is InChI=1S/C17H21N3O2S/c1-5-7-20(8-6-2)16(21)12-23-17-15(10-18)14(11-22-4)9-13(3)19-17/h5-6,9H,1-2,7-8,11-12H2,3-4H3. The highest BCUT2D eigenvalue weighted by Gasteiger charge is 2.16. The topological polar surface area (TPSA) is 66.2 Å². The van der Waals surface area contributed by atoms with Crippen molar-refractivity contribution in [2.75, 3.05) is 26.0 Å². The summed E-state index contributed by atoms with van der Waals surface area (Å²) in [5.41, 5.74) is 2.04. The molecule has 0 unspecified atom stereocenters. The first-order valence-corrected chi connectivity index (χ1v) is 8.07. The second-order valence-electron chi connectivity index (χ2n) is 4.81. The van der Waals surface area contributed by atoms with Gasteiger partial charge in [0, 0.05) is 25.9 Å². The maximum absolute atomic E-state index is 12.3. The van der Waals surface area contributed by atoms with Gasteiger partial charge in [0.15, 0.2) is 0 Å². The smallest absolute Gasteiger partial charge is 0.233 e. The van der Waals surface area contributed by atoms with Crippen LogP contribution in [0.5, 0.6) is 0 Å². The molecule has 0 bridgehead atoms. The number of hydrogen-bond acceptors (Lipinski definition) is 5. The Balaban J connectivity index is 2.92. The number of rotatable bonds is 9. The van der Waals surface area contributed by atoms with Crippen LogP contribution in [0.25, 0.3) is 0 Å². The van der Waals surface area contributed by atoms with E-state index in [1.54, 1.807) is 24.2 Å². The zero-order chi connectivity index (χ0) is 17.2. The summed E-state index contributed by atoms with van der Waals surface area (Å²) in [7, 11) is 1.58. The Hall–Kier alpha value is -2.10. The van der Waals surface area contributed by atoms with Crippen molar-refractivity contribution in [3.63, 3.8) is 0 Å². The first-order chi connectivity index (χ1) is 11.1. The van der Waals surface area contributed by atoms with Crippen molar-refractivity contribution in [2.24, 2.45) is 0 Å². The molecule has 0 aliphatic heterocycles. The van der Waals surface area contributed by atoms with Gasteiger partial charge >= 0.3 is 0 Å². The Labute approximate surface area is 141 Å². The fourth-order valence-electron chi connectivity index (χ4n) is 2.01. The summed E-state index contributed by atoms with van der Waals surface area (Å²) in [5, 5.41) is 9.94. The number of carbonyl (C=O) groups excluding carboxylic acids is 1. The average Bonchev–Trinajstić information content (AvgIpc) is 2.52. The van der Waals surface area contributed by atoms with Gasteiger partial charge in [-0.3, -0.25) is 4.79 Å². The van der Waals surface area contributed by atoms with Gasteiger partial charge < -0.3 is 9.64 Å². The van der Waals surface area contributed by atoms with Crippen LogP contribution < -0.4 is 0 Å². The molecule has 0 aliphatic carbocycles. The molecule has 0 aliphatic rings. The number of pyridine rings is 1. The third-order valence-corrected chi connectivity index (χ3v) is 3.95. The van der Waals surface area contributed by atoms with Gasteiger partial charge in [0.25, 0.3) is 0 Å². The highest BCUT2D eigenvalue weighted by Crippen LogP contribution is 2.24.